The van der Waals surface area contributed by atoms with Crippen LogP contribution < -0.4 is 4.90 Å². The van der Waals surface area contributed by atoms with Gasteiger partial charge in [0.1, 0.15) is 5.69 Å². The zero-order chi connectivity index (χ0) is 22.5. The van der Waals surface area contributed by atoms with Crippen LogP contribution in [0.25, 0.3) is 28.2 Å². The molecule has 10 heteroatoms. The highest BCUT2D eigenvalue weighted by Gasteiger charge is 2.24. The lowest BCUT2D eigenvalue weighted by atomic mass is 10.0. The number of morpholine rings is 1. The number of aryl methyl sites for hydroxylation is 1. The highest BCUT2D eigenvalue weighted by molar-refractivity contribution is 7.90. The van der Waals surface area contributed by atoms with E-state index in [2.05, 4.69) is 33.1 Å². The third-order valence-electron chi connectivity index (χ3n) is 5.81. The average Bonchev–Trinajstić information content (AvgIpc) is 3.42. The number of hydrogen-bond donors (Lipinski definition) is 1. The van der Waals surface area contributed by atoms with Crippen molar-refractivity contribution >= 4 is 21.2 Å². The highest BCUT2D eigenvalue weighted by atomic mass is 32.2. The molecule has 3 aromatic heterocycles. The van der Waals surface area contributed by atoms with E-state index in [0.29, 0.717) is 23.9 Å². The Balaban J connectivity index is 1.75. The number of aromatic nitrogens is 5. The smallest absolute Gasteiger partial charge is 0.179 e. The first-order valence-electron chi connectivity index (χ1n) is 10.4. The van der Waals surface area contributed by atoms with Gasteiger partial charge in [0.2, 0.25) is 0 Å². The predicted octanol–water partition coefficient (Wildman–Crippen LogP) is 2.72. The van der Waals surface area contributed by atoms with Gasteiger partial charge in [0, 0.05) is 24.6 Å². The van der Waals surface area contributed by atoms with Gasteiger partial charge in [-0.1, -0.05) is 6.07 Å². The van der Waals surface area contributed by atoms with Gasteiger partial charge in [0.05, 0.1) is 35.9 Å². The van der Waals surface area contributed by atoms with Gasteiger partial charge in [-0.15, -0.1) is 5.10 Å². The summed E-state index contributed by atoms with van der Waals surface area (Å²) < 4.78 is 31.5. The van der Waals surface area contributed by atoms with Crippen LogP contribution in [0.15, 0.2) is 47.6 Å². The summed E-state index contributed by atoms with van der Waals surface area (Å²) in [6.07, 6.45) is 4.69. The number of sulfone groups is 1. The van der Waals surface area contributed by atoms with Gasteiger partial charge in [-0.3, -0.25) is 5.10 Å². The molecule has 4 heterocycles. The molecule has 1 fully saturated rings. The van der Waals surface area contributed by atoms with Crippen LogP contribution in [0.1, 0.15) is 12.5 Å². The van der Waals surface area contributed by atoms with Crippen molar-refractivity contribution in [1.82, 2.24) is 24.8 Å². The maximum Gasteiger partial charge on any atom is 0.179 e. The van der Waals surface area contributed by atoms with Crippen LogP contribution >= 0.6 is 0 Å². The number of imidazole rings is 1. The summed E-state index contributed by atoms with van der Waals surface area (Å²) in [4.78, 5) is 7.13. The molecule has 0 bridgehead atoms. The first-order valence-corrected chi connectivity index (χ1v) is 12.3. The minimum atomic E-state index is -3.29. The molecule has 1 aliphatic rings. The van der Waals surface area contributed by atoms with Crippen molar-refractivity contribution in [2.75, 3.05) is 30.9 Å². The van der Waals surface area contributed by atoms with Gasteiger partial charge in [-0.25, -0.2) is 17.9 Å². The summed E-state index contributed by atoms with van der Waals surface area (Å²) in [5.74, 6) is 1.47. The van der Waals surface area contributed by atoms with Crippen LogP contribution in [0.4, 0.5) is 5.82 Å². The lowest BCUT2D eigenvalue weighted by Gasteiger charge is -2.34. The predicted molar refractivity (Wildman–Crippen MR) is 121 cm³/mol. The van der Waals surface area contributed by atoms with Crippen LogP contribution in [0.5, 0.6) is 0 Å². The summed E-state index contributed by atoms with van der Waals surface area (Å²) in [5.41, 5.74) is 4.33. The fourth-order valence-electron chi connectivity index (χ4n) is 4.12. The van der Waals surface area contributed by atoms with Gasteiger partial charge in [0.15, 0.2) is 21.5 Å². The van der Waals surface area contributed by atoms with Crippen LogP contribution in [-0.2, 0) is 14.6 Å². The lowest BCUT2D eigenvalue weighted by molar-refractivity contribution is 0.0984. The van der Waals surface area contributed by atoms with Gasteiger partial charge in [-0.05, 0) is 49.2 Å². The Hall–Kier alpha value is -3.24. The molecule has 1 aromatic carbocycles. The van der Waals surface area contributed by atoms with Crippen molar-refractivity contribution in [3.63, 3.8) is 0 Å². The summed E-state index contributed by atoms with van der Waals surface area (Å²) in [6, 6.07) is 9.30. The third kappa shape index (κ3) is 3.55. The van der Waals surface area contributed by atoms with E-state index < -0.39 is 9.84 Å². The van der Waals surface area contributed by atoms with Crippen molar-refractivity contribution in [2.24, 2.45) is 0 Å². The molecule has 1 N–H and O–H groups in total. The second kappa shape index (κ2) is 7.72. The fraction of sp³-hybridized carbons (Fsp3) is 0.318. The van der Waals surface area contributed by atoms with E-state index in [4.69, 9.17) is 9.84 Å². The molecule has 1 aliphatic heterocycles. The molecule has 9 nitrogen and oxygen atoms in total. The maximum absolute atomic E-state index is 12.0. The lowest BCUT2D eigenvalue weighted by Crippen LogP contribution is -2.44. The molecule has 0 radical (unpaired) electrons. The van der Waals surface area contributed by atoms with E-state index >= 15 is 0 Å². The summed E-state index contributed by atoms with van der Waals surface area (Å²) in [5, 5.41) is 11.9. The number of hydrogen-bond acceptors (Lipinski definition) is 7. The molecule has 0 spiro atoms. The first kappa shape index (κ1) is 20.7. The van der Waals surface area contributed by atoms with Gasteiger partial charge in [0.25, 0.3) is 0 Å². The minimum absolute atomic E-state index is 0.175. The normalized spacial score (nSPS) is 17.2. The van der Waals surface area contributed by atoms with Crippen molar-refractivity contribution in [1.29, 1.82) is 0 Å². The van der Waals surface area contributed by atoms with Crippen LogP contribution in [0, 0.1) is 6.92 Å². The Morgan fingerprint density at radius 2 is 2.03 bits per heavy atom. The Morgan fingerprint density at radius 1 is 1.19 bits per heavy atom. The van der Waals surface area contributed by atoms with Crippen LogP contribution in [0.2, 0.25) is 0 Å². The van der Waals surface area contributed by atoms with Crippen molar-refractivity contribution in [2.45, 2.75) is 24.8 Å². The Labute approximate surface area is 186 Å². The number of ether oxygens (including phenoxy) is 1. The van der Waals surface area contributed by atoms with E-state index in [1.165, 1.54) is 6.26 Å². The monoisotopic (exact) mass is 452 g/mol. The number of anilines is 1. The molecule has 0 saturated carbocycles. The molecule has 1 unspecified atom stereocenters. The summed E-state index contributed by atoms with van der Waals surface area (Å²) in [6.45, 7) is 6.04. The quantitative estimate of drug-likeness (QED) is 0.507. The van der Waals surface area contributed by atoms with E-state index in [0.717, 1.165) is 40.3 Å². The third-order valence-corrected chi connectivity index (χ3v) is 6.92. The van der Waals surface area contributed by atoms with Gasteiger partial charge in [-0.2, -0.15) is 5.10 Å². The number of nitrogens with zero attached hydrogens (tertiary/aromatic N) is 5. The first-order chi connectivity index (χ1) is 15.3. The standard InChI is InChI=1S/C22H24N6O3S/c1-14-10-16(32(3,29)30)4-5-17(14)18-11-21(27-8-9-31-13-15(27)2)26-28-20(18)12-23-22(28)19-6-7-24-25-19/h4-7,10-12,15H,8-9,13H2,1-3H3,(H,24,25). The van der Waals surface area contributed by atoms with E-state index in [1.54, 1.807) is 24.5 Å². The summed E-state index contributed by atoms with van der Waals surface area (Å²) in [7, 11) is -3.29. The molecule has 5 rings (SSSR count). The fourth-order valence-corrected chi connectivity index (χ4v) is 4.83. The highest BCUT2D eigenvalue weighted by Crippen LogP contribution is 2.34. The molecular formula is C22H24N6O3S. The second-order valence-corrected chi connectivity index (χ2v) is 10.1. The number of benzene rings is 1. The molecule has 0 aliphatic carbocycles. The second-order valence-electron chi connectivity index (χ2n) is 8.13. The van der Waals surface area contributed by atoms with E-state index in [1.807, 2.05) is 23.6 Å². The van der Waals surface area contributed by atoms with Crippen LogP contribution in [-0.4, -0.2) is 65.3 Å². The zero-order valence-corrected chi connectivity index (χ0v) is 18.9. The molecule has 4 aromatic rings. The molecule has 0 amide bonds. The molecule has 1 atom stereocenters. The molecular weight excluding hydrogens is 428 g/mol. The van der Waals surface area contributed by atoms with Gasteiger partial charge < -0.3 is 9.64 Å². The Bertz CT molecular complexity index is 1390. The molecule has 166 valence electrons. The van der Waals surface area contributed by atoms with Gasteiger partial charge >= 0.3 is 0 Å². The van der Waals surface area contributed by atoms with Crippen molar-refractivity contribution in [3.8, 4) is 22.6 Å². The average molecular weight is 453 g/mol. The SMILES string of the molecule is Cc1cc(S(C)(=O)=O)ccc1-c1cc(N2CCOCC2C)nn2c(-c3ccn[nH]3)ncc12. The Kier molecular flexibility index (Phi) is 4.98. The maximum atomic E-state index is 12.0. The van der Waals surface area contributed by atoms with Crippen molar-refractivity contribution < 1.29 is 13.2 Å². The number of H-pyrrole nitrogens is 1. The number of aromatic amines is 1. The van der Waals surface area contributed by atoms with Crippen LogP contribution in [0.3, 0.4) is 0 Å². The molecule has 32 heavy (non-hydrogen) atoms. The summed E-state index contributed by atoms with van der Waals surface area (Å²) >= 11 is 0. The number of nitrogens with one attached hydrogen (secondary N) is 1. The van der Waals surface area contributed by atoms with E-state index in [9.17, 15) is 8.42 Å². The van der Waals surface area contributed by atoms with Crippen molar-refractivity contribution in [3.05, 3.63) is 48.3 Å². The zero-order valence-electron chi connectivity index (χ0n) is 18.1. The number of rotatable bonds is 4. The topological polar surface area (TPSA) is 105 Å². The largest absolute Gasteiger partial charge is 0.377 e. The van der Waals surface area contributed by atoms with E-state index in [-0.39, 0.29) is 6.04 Å². The number of fused-ring (bicyclic) bond motifs is 1. The molecule has 1 saturated heterocycles. The minimum Gasteiger partial charge on any atom is -0.377 e. The Morgan fingerprint density at radius 3 is 2.72 bits per heavy atom.